The van der Waals surface area contributed by atoms with Crippen LogP contribution in [0.1, 0.15) is 87.1 Å². The molecule has 0 aromatic heterocycles. The molecule has 0 heterocycles. The molecular formula is C41H62N6O16. The lowest BCUT2D eigenvalue weighted by Gasteiger charge is -2.29. The molecule has 0 aliphatic heterocycles. The molecule has 3 atom stereocenters. The van der Waals surface area contributed by atoms with Gasteiger partial charge in [0, 0.05) is 51.7 Å². The molecule has 0 saturated heterocycles. The molecule has 0 unspecified atom stereocenters. The lowest BCUT2D eigenvalue weighted by atomic mass is 9.81. The van der Waals surface area contributed by atoms with Gasteiger partial charge in [0.15, 0.2) is 0 Å². The number of urea groups is 1. The zero-order chi connectivity index (χ0) is 46.6. The lowest BCUT2D eigenvalue weighted by molar-refractivity contribution is -0.141. The van der Waals surface area contributed by atoms with Crippen LogP contribution in [0.25, 0.3) is 0 Å². The van der Waals surface area contributed by atoms with E-state index in [9.17, 15) is 58.5 Å². The second-order valence-electron chi connectivity index (χ2n) is 15.0. The zero-order valence-corrected chi connectivity index (χ0v) is 35.5. The molecule has 0 spiro atoms. The highest BCUT2D eigenvalue weighted by atomic mass is 16.5. The van der Waals surface area contributed by atoms with Crippen LogP contribution in [-0.2, 0) is 54.2 Å². The van der Waals surface area contributed by atoms with Gasteiger partial charge >= 0.3 is 29.9 Å². The molecule has 22 nitrogen and oxygen atoms in total. The summed E-state index contributed by atoms with van der Waals surface area (Å²) in [5.74, 6) is -6.73. The third-order valence-corrected chi connectivity index (χ3v) is 9.96. The van der Waals surface area contributed by atoms with Gasteiger partial charge in [0.25, 0.3) is 0 Å². The van der Waals surface area contributed by atoms with E-state index in [1.54, 1.807) is 6.07 Å². The van der Waals surface area contributed by atoms with Gasteiger partial charge in [0.1, 0.15) is 18.1 Å². The zero-order valence-electron chi connectivity index (χ0n) is 35.5. The minimum atomic E-state index is -1.55. The van der Waals surface area contributed by atoms with E-state index in [2.05, 4.69) is 31.9 Å². The smallest absolute Gasteiger partial charge is 0.335 e. The molecule has 1 aliphatic rings. The summed E-state index contributed by atoms with van der Waals surface area (Å²) in [5.41, 5.74) is 0.499. The Kier molecular flexibility index (Phi) is 25.6. The molecule has 10 N–H and O–H groups in total. The van der Waals surface area contributed by atoms with Crippen molar-refractivity contribution in [1.29, 1.82) is 0 Å². The Balaban J connectivity index is 1.79. The van der Waals surface area contributed by atoms with Crippen LogP contribution >= 0.6 is 0 Å². The summed E-state index contributed by atoms with van der Waals surface area (Å²) in [5, 5.41) is 52.4. The lowest BCUT2D eigenvalue weighted by Crippen LogP contribution is -2.51. The van der Waals surface area contributed by atoms with Crippen molar-refractivity contribution in [2.45, 2.75) is 95.7 Å². The van der Waals surface area contributed by atoms with Gasteiger partial charge in [-0.2, -0.15) is 0 Å². The number of hydrogen-bond donors (Lipinski definition) is 10. The SMILES string of the molecule is CC(=O)NCCOCCOCCOCCC(=O)NCC1CCC(C(=O)N[C@@H](Cc2cccc(C(=O)O)c2)C(=O)NCCCC[C@H](NC(=O)N[C@@H](CCC(=O)O)C(=O)O)C(=O)O)CC1. The molecular weight excluding hydrogens is 832 g/mol. The fourth-order valence-electron chi connectivity index (χ4n) is 6.50. The second-order valence-corrected chi connectivity index (χ2v) is 15.0. The highest BCUT2D eigenvalue weighted by Crippen LogP contribution is 2.29. The quantitative estimate of drug-likeness (QED) is 0.0434. The number of aliphatic carboxylic acids is 3. The van der Waals surface area contributed by atoms with E-state index in [1.807, 2.05) is 0 Å². The Morgan fingerprint density at radius 3 is 1.89 bits per heavy atom. The first-order valence-corrected chi connectivity index (χ1v) is 20.9. The summed E-state index contributed by atoms with van der Waals surface area (Å²) < 4.78 is 16.2. The first-order chi connectivity index (χ1) is 30.0. The van der Waals surface area contributed by atoms with Crippen LogP contribution in [0.15, 0.2) is 24.3 Å². The number of rotatable bonds is 32. The largest absolute Gasteiger partial charge is 0.481 e. The summed E-state index contributed by atoms with van der Waals surface area (Å²) in [6.07, 6.45) is 1.96. The number of benzene rings is 1. The van der Waals surface area contributed by atoms with Crippen LogP contribution in [0.5, 0.6) is 0 Å². The van der Waals surface area contributed by atoms with Crippen molar-refractivity contribution in [3.05, 3.63) is 35.4 Å². The summed E-state index contributed by atoms with van der Waals surface area (Å²) in [6.45, 7) is 4.42. The predicted molar refractivity (Wildman–Crippen MR) is 221 cm³/mol. The third kappa shape index (κ3) is 23.8. The molecule has 1 aromatic rings. The van der Waals surface area contributed by atoms with Gasteiger partial charge in [0.05, 0.1) is 45.2 Å². The molecule has 6 amide bonds. The molecule has 352 valence electrons. The van der Waals surface area contributed by atoms with E-state index in [0.29, 0.717) is 77.4 Å². The van der Waals surface area contributed by atoms with Crippen LogP contribution in [0.2, 0.25) is 0 Å². The van der Waals surface area contributed by atoms with E-state index < -0.39 is 72.7 Å². The highest BCUT2D eigenvalue weighted by molar-refractivity contribution is 5.90. The van der Waals surface area contributed by atoms with Gasteiger partial charge in [-0.3, -0.25) is 24.0 Å². The van der Waals surface area contributed by atoms with E-state index in [-0.39, 0.29) is 74.5 Å². The fourth-order valence-corrected chi connectivity index (χ4v) is 6.50. The molecule has 2 rings (SSSR count). The van der Waals surface area contributed by atoms with Crippen molar-refractivity contribution < 1.29 is 77.8 Å². The molecule has 22 heteroatoms. The highest BCUT2D eigenvalue weighted by Gasteiger charge is 2.30. The maximum Gasteiger partial charge on any atom is 0.335 e. The average molecular weight is 895 g/mol. The number of carbonyl (C=O) groups excluding carboxylic acids is 5. The Morgan fingerprint density at radius 2 is 1.29 bits per heavy atom. The average Bonchev–Trinajstić information content (AvgIpc) is 3.23. The van der Waals surface area contributed by atoms with Gasteiger partial charge in [-0.1, -0.05) is 12.1 Å². The number of nitrogens with one attached hydrogen (secondary N) is 6. The van der Waals surface area contributed by atoms with Crippen molar-refractivity contribution in [2.75, 3.05) is 59.3 Å². The van der Waals surface area contributed by atoms with Gasteiger partial charge in [-0.15, -0.1) is 0 Å². The topological polar surface area (TPSA) is 334 Å². The maximum absolute atomic E-state index is 13.5. The third-order valence-electron chi connectivity index (χ3n) is 9.96. The normalized spacial score (nSPS) is 16.0. The van der Waals surface area contributed by atoms with Gasteiger partial charge in [-0.25, -0.2) is 19.2 Å². The summed E-state index contributed by atoms with van der Waals surface area (Å²) >= 11 is 0. The van der Waals surface area contributed by atoms with Crippen molar-refractivity contribution in [3.8, 4) is 0 Å². The number of aromatic carboxylic acids is 1. The molecule has 0 bridgehead atoms. The van der Waals surface area contributed by atoms with Crippen LogP contribution < -0.4 is 31.9 Å². The Morgan fingerprint density at radius 1 is 0.667 bits per heavy atom. The fraction of sp³-hybridized carbons (Fsp3) is 0.634. The predicted octanol–water partition coefficient (Wildman–Crippen LogP) is 0.268. The summed E-state index contributed by atoms with van der Waals surface area (Å²) in [7, 11) is 0. The van der Waals surface area contributed by atoms with Crippen LogP contribution in [-0.4, -0.2) is 151 Å². The van der Waals surface area contributed by atoms with Gasteiger partial charge in [0.2, 0.25) is 23.6 Å². The van der Waals surface area contributed by atoms with Crippen molar-refractivity contribution >= 4 is 53.5 Å². The first kappa shape index (κ1) is 53.3. The van der Waals surface area contributed by atoms with Crippen molar-refractivity contribution in [1.82, 2.24) is 31.9 Å². The first-order valence-electron chi connectivity index (χ1n) is 20.9. The van der Waals surface area contributed by atoms with E-state index in [1.165, 1.54) is 25.1 Å². The van der Waals surface area contributed by atoms with E-state index in [4.69, 9.17) is 19.3 Å². The molecule has 1 aliphatic carbocycles. The summed E-state index contributed by atoms with van der Waals surface area (Å²) in [6, 6.07) is 0.830. The Labute approximate surface area is 364 Å². The minimum Gasteiger partial charge on any atom is -0.481 e. The van der Waals surface area contributed by atoms with Gasteiger partial charge in [-0.05, 0) is 75.0 Å². The summed E-state index contributed by atoms with van der Waals surface area (Å²) in [4.78, 5) is 108. The molecule has 63 heavy (non-hydrogen) atoms. The van der Waals surface area contributed by atoms with Crippen molar-refractivity contribution in [3.63, 3.8) is 0 Å². The number of unbranched alkanes of at least 4 members (excludes halogenated alkanes) is 1. The molecule has 1 saturated carbocycles. The van der Waals surface area contributed by atoms with Crippen LogP contribution in [0.3, 0.4) is 0 Å². The molecule has 0 radical (unpaired) electrons. The number of carboxylic acid groups (broad SMARTS) is 4. The molecule has 1 aromatic carbocycles. The number of amides is 6. The van der Waals surface area contributed by atoms with Crippen LogP contribution in [0.4, 0.5) is 4.79 Å². The molecule has 1 fully saturated rings. The van der Waals surface area contributed by atoms with Crippen LogP contribution in [0, 0.1) is 11.8 Å². The number of carboxylic acids is 4. The number of carbonyl (C=O) groups is 9. The second kappa shape index (κ2) is 30.2. The van der Waals surface area contributed by atoms with E-state index in [0.717, 1.165) is 0 Å². The van der Waals surface area contributed by atoms with Gasteiger partial charge < -0.3 is 66.5 Å². The monoisotopic (exact) mass is 894 g/mol. The van der Waals surface area contributed by atoms with E-state index >= 15 is 0 Å². The van der Waals surface area contributed by atoms with Crippen molar-refractivity contribution in [2.24, 2.45) is 11.8 Å². The Bertz CT molecular complexity index is 1670. The minimum absolute atomic E-state index is 0.00495. The number of hydrogen-bond acceptors (Lipinski definition) is 12. The Hall–Kier alpha value is -5.87. The standard InChI is InChI=1S/C41H62N6O16/c1-26(48)42-16-18-62-20-22-63-21-19-61-17-14-34(49)44-25-27-8-10-29(11-9-27)36(52)45-33(24-28-5-4-6-30(23-28)38(54)55)37(53)43-15-3-2-7-31(39(56)57)46-41(60)47-32(40(58)59)12-13-35(50)51/h4-6,23,27,29,31-33H,2-3,7-22,24-25H2,1H3,(H,42,48)(H,43,53)(H,44,49)(H,45,52)(H,50,51)(H,54,55)(H,56,57)(H,58,59)(H2,46,47,60)/t27?,29?,31-,32-,33-/m0/s1. The maximum atomic E-state index is 13.5. The number of ether oxygens (including phenoxy) is 3.